The third kappa shape index (κ3) is 3.31. The van der Waals surface area contributed by atoms with Crippen molar-refractivity contribution in [3.05, 3.63) is 65.0 Å². The van der Waals surface area contributed by atoms with Gasteiger partial charge in [-0.15, -0.1) is 0 Å². The highest BCUT2D eigenvalue weighted by Crippen LogP contribution is 2.14. The number of nitrogens with two attached hydrogens (primary N) is 1. The van der Waals surface area contributed by atoms with E-state index in [2.05, 4.69) is 5.32 Å². The summed E-state index contributed by atoms with van der Waals surface area (Å²) < 4.78 is 13.0. The zero-order chi connectivity index (χ0) is 13.8. The molecule has 0 heterocycles. The molecule has 3 nitrogen and oxygen atoms in total. The molecule has 0 saturated carbocycles. The van der Waals surface area contributed by atoms with Gasteiger partial charge in [0.15, 0.2) is 0 Å². The van der Waals surface area contributed by atoms with Crippen molar-refractivity contribution in [2.45, 2.75) is 13.5 Å². The second kappa shape index (κ2) is 5.52. The lowest BCUT2D eigenvalue weighted by Gasteiger charge is -2.10. The van der Waals surface area contributed by atoms with E-state index in [0.717, 1.165) is 16.8 Å². The quantitative estimate of drug-likeness (QED) is 0.886. The molecule has 0 saturated heterocycles. The number of aryl methyl sites for hydroxylation is 1. The van der Waals surface area contributed by atoms with Crippen LogP contribution in [-0.4, -0.2) is 5.91 Å². The van der Waals surface area contributed by atoms with E-state index >= 15 is 0 Å². The molecule has 0 atom stereocenters. The largest absolute Gasteiger partial charge is 0.381 e. The monoisotopic (exact) mass is 258 g/mol. The van der Waals surface area contributed by atoms with E-state index < -0.39 is 5.91 Å². The van der Waals surface area contributed by atoms with E-state index in [-0.39, 0.29) is 5.82 Å². The maximum absolute atomic E-state index is 13.0. The highest BCUT2D eigenvalue weighted by atomic mass is 19.1. The standard InChI is InChI=1S/C15H15FN2O/c1-10-7-11(15(17)19)5-6-12(10)9-18-14-4-2-3-13(16)8-14/h2-8,18H,9H2,1H3,(H2,17,19). The molecule has 0 bridgehead atoms. The molecule has 19 heavy (non-hydrogen) atoms. The summed E-state index contributed by atoms with van der Waals surface area (Å²) in [6, 6.07) is 11.6. The Hall–Kier alpha value is -2.36. The number of nitrogens with one attached hydrogen (secondary N) is 1. The van der Waals surface area contributed by atoms with Crippen LogP contribution in [0.25, 0.3) is 0 Å². The molecule has 0 aliphatic rings. The number of carbonyl (C=O) groups excluding carboxylic acids is 1. The van der Waals surface area contributed by atoms with E-state index in [1.807, 2.05) is 13.0 Å². The predicted octanol–water partition coefficient (Wildman–Crippen LogP) is 2.85. The Bertz CT molecular complexity index is 611. The van der Waals surface area contributed by atoms with Gasteiger partial charge in [-0.05, 0) is 48.4 Å². The lowest BCUT2D eigenvalue weighted by molar-refractivity contribution is 0.1000. The molecule has 0 aromatic heterocycles. The maximum Gasteiger partial charge on any atom is 0.248 e. The Labute approximate surface area is 111 Å². The minimum atomic E-state index is -0.437. The number of rotatable bonds is 4. The van der Waals surface area contributed by atoms with E-state index in [9.17, 15) is 9.18 Å². The van der Waals surface area contributed by atoms with Crippen molar-refractivity contribution in [3.8, 4) is 0 Å². The molecule has 0 aliphatic heterocycles. The van der Waals surface area contributed by atoms with Crippen LogP contribution in [0.2, 0.25) is 0 Å². The number of hydrogen-bond donors (Lipinski definition) is 2. The molecule has 3 N–H and O–H groups in total. The maximum atomic E-state index is 13.0. The SMILES string of the molecule is Cc1cc(C(N)=O)ccc1CNc1cccc(F)c1. The average molecular weight is 258 g/mol. The van der Waals surface area contributed by atoms with Crippen LogP contribution in [0.5, 0.6) is 0 Å². The molecule has 0 radical (unpaired) electrons. The number of primary amides is 1. The van der Waals surface area contributed by atoms with Crippen molar-refractivity contribution in [3.63, 3.8) is 0 Å². The summed E-state index contributed by atoms with van der Waals surface area (Å²) in [6.45, 7) is 2.48. The number of benzene rings is 2. The molecule has 98 valence electrons. The van der Waals surface area contributed by atoms with Gasteiger partial charge in [0.2, 0.25) is 5.91 Å². The fourth-order valence-electron chi connectivity index (χ4n) is 1.84. The number of hydrogen-bond acceptors (Lipinski definition) is 2. The topological polar surface area (TPSA) is 55.1 Å². The van der Waals surface area contributed by atoms with Crippen molar-refractivity contribution in [1.29, 1.82) is 0 Å². The van der Waals surface area contributed by atoms with Gasteiger partial charge >= 0.3 is 0 Å². The highest BCUT2D eigenvalue weighted by molar-refractivity contribution is 5.93. The summed E-state index contributed by atoms with van der Waals surface area (Å²) in [6.07, 6.45) is 0. The number of anilines is 1. The average Bonchev–Trinajstić information content (AvgIpc) is 2.37. The molecule has 2 rings (SSSR count). The predicted molar refractivity (Wildman–Crippen MR) is 73.4 cm³/mol. The molecule has 2 aromatic rings. The summed E-state index contributed by atoms with van der Waals surface area (Å²) in [5, 5.41) is 3.14. The van der Waals surface area contributed by atoms with Crippen molar-refractivity contribution < 1.29 is 9.18 Å². The van der Waals surface area contributed by atoms with Crippen LogP contribution in [0, 0.1) is 12.7 Å². The molecular weight excluding hydrogens is 243 g/mol. The van der Waals surface area contributed by atoms with Crippen molar-refractivity contribution in [2.75, 3.05) is 5.32 Å². The van der Waals surface area contributed by atoms with Gasteiger partial charge in [0.25, 0.3) is 0 Å². The van der Waals surface area contributed by atoms with Crippen LogP contribution in [0.3, 0.4) is 0 Å². The van der Waals surface area contributed by atoms with Gasteiger partial charge < -0.3 is 11.1 Å². The Balaban J connectivity index is 2.10. The van der Waals surface area contributed by atoms with E-state index in [0.29, 0.717) is 12.1 Å². The molecule has 2 aromatic carbocycles. The number of halogens is 1. The summed E-state index contributed by atoms with van der Waals surface area (Å²) >= 11 is 0. The second-order valence-corrected chi connectivity index (χ2v) is 4.37. The minimum Gasteiger partial charge on any atom is -0.381 e. The molecule has 0 fully saturated rings. The van der Waals surface area contributed by atoms with Gasteiger partial charge in [0.05, 0.1) is 0 Å². The summed E-state index contributed by atoms with van der Waals surface area (Å²) in [7, 11) is 0. The summed E-state index contributed by atoms with van der Waals surface area (Å²) in [5.41, 5.74) is 8.44. The van der Waals surface area contributed by atoms with Crippen LogP contribution in [0.15, 0.2) is 42.5 Å². The fraction of sp³-hybridized carbons (Fsp3) is 0.133. The van der Waals surface area contributed by atoms with Gasteiger partial charge in [-0.1, -0.05) is 12.1 Å². The molecule has 1 amide bonds. The van der Waals surface area contributed by atoms with Crippen LogP contribution >= 0.6 is 0 Å². The normalized spacial score (nSPS) is 10.2. The molecule has 0 aliphatic carbocycles. The molecular formula is C15H15FN2O. The van der Waals surface area contributed by atoms with Crippen LogP contribution < -0.4 is 11.1 Å². The second-order valence-electron chi connectivity index (χ2n) is 4.37. The Kier molecular flexibility index (Phi) is 3.80. The zero-order valence-corrected chi connectivity index (χ0v) is 10.6. The third-order valence-electron chi connectivity index (χ3n) is 2.93. The first-order valence-electron chi connectivity index (χ1n) is 5.95. The van der Waals surface area contributed by atoms with Crippen molar-refractivity contribution in [1.82, 2.24) is 0 Å². The van der Waals surface area contributed by atoms with Gasteiger partial charge in [0.1, 0.15) is 5.82 Å². The highest BCUT2D eigenvalue weighted by Gasteiger charge is 2.04. The first-order chi connectivity index (χ1) is 9.06. The van der Waals surface area contributed by atoms with Gasteiger partial charge in [-0.2, -0.15) is 0 Å². The van der Waals surface area contributed by atoms with E-state index in [1.54, 1.807) is 24.3 Å². The van der Waals surface area contributed by atoms with Gasteiger partial charge in [0, 0.05) is 17.8 Å². The number of carbonyl (C=O) groups is 1. The lowest BCUT2D eigenvalue weighted by Crippen LogP contribution is -2.11. The molecule has 0 spiro atoms. The summed E-state index contributed by atoms with van der Waals surface area (Å²) in [5.74, 6) is -0.710. The van der Waals surface area contributed by atoms with Crippen LogP contribution in [-0.2, 0) is 6.54 Å². The molecule has 4 heteroatoms. The van der Waals surface area contributed by atoms with Crippen molar-refractivity contribution >= 4 is 11.6 Å². The van der Waals surface area contributed by atoms with Gasteiger partial charge in [-0.3, -0.25) is 4.79 Å². The number of amides is 1. The minimum absolute atomic E-state index is 0.272. The van der Waals surface area contributed by atoms with Crippen LogP contribution in [0.4, 0.5) is 10.1 Å². The van der Waals surface area contributed by atoms with E-state index in [4.69, 9.17) is 5.73 Å². The summed E-state index contributed by atoms with van der Waals surface area (Å²) in [4.78, 5) is 11.0. The first kappa shape index (κ1) is 13.1. The Morgan fingerprint density at radius 3 is 2.68 bits per heavy atom. The Morgan fingerprint density at radius 1 is 1.26 bits per heavy atom. The Morgan fingerprint density at radius 2 is 2.05 bits per heavy atom. The van der Waals surface area contributed by atoms with Gasteiger partial charge in [-0.25, -0.2) is 4.39 Å². The fourth-order valence-corrected chi connectivity index (χ4v) is 1.84. The lowest BCUT2D eigenvalue weighted by atomic mass is 10.0. The molecule has 0 unspecified atom stereocenters. The van der Waals surface area contributed by atoms with Crippen LogP contribution in [0.1, 0.15) is 21.5 Å². The van der Waals surface area contributed by atoms with Crippen molar-refractivity contribution in [2.24, 2.45) is 5.73 Å². The smallest absolute Gasteiger partial charge is 0.248 e. The zero-order valence-electron chi connectivity index (χ0n) is 10.6. The third-order valence-corrected chi connectivity index (χ3v) is 2.93. The van der Waals surface area contributed by atoms with E-state index in [1.165, 1.54) is 12.1 Å². The first-order valence-corrected chi connectivity index (χ1v) is 5.95.